The average Bonchev–Trinajstić information content (AvgIpc) is 3.67. The van der Waals surface area contributed by atoms with Crippen LogP contribution in [0.1, 0.15) is 71.3 Å². The minimum atomic E-state index is -1.58. The highest BCUT2D eigenvalue weighted by molar-refractivity contribution is 5.98. The number of nitrogens with one attached hydrogen (secondary N) is 5. The largest absolute Gasteiger partial charge is 0.394 e. The number of unbranched alkanes of at least 4 members (excludes halogenated alkanes) is 1. The molecule has 2 rings (SSSR count). The molecule has 0 saturated carbocycles. The van der Waals surface area contributed by atoms with Crippen molar-refractivity contribution in [1.82, 2.24) is 31.5 Å². The summed E-state index contributed by atoms with van der Waals surface area (Å²) in [4.78, 5) is 106. The van der Waals surface area contributed by atoms with Crippen molar-refractivity contribution in [3.05, 3.63) is 35.9 Å². The SMILES string of the molecule is CC[C@H](C)[C@H](NC(=O)[C@H](Cc1ccccc1)NC(=O)[C@H](CC(N)=O)NC(=O)[C@@H]1CCCN1C(=O)[C@@H](N)CO)C(=O)N[C@H](C(=O)N[C@@H](CCCCN)C(N)=O)[C@@H](C)O. The second kappa shape index (κ2) is 23.8. The summed E-state index contributed by atoms with van der Waals surface area (Å²) in [6.07, 6.45) is 0.0354. The molecule has 1 aromatic carbocycles. The first-order valence-electron chi connectivity index (χ1n) is 19.1. The Morgan fingerprint density at radius 1 is 0.825 bits per heavy atom. The zero-order chi connectivity index (χ0) is 42.8. The maximum atomic E-state index is 14.1. The third kappa shape index (κ3) is 15.0. The number of carbonyl (C=O) groups excluding carboxylic acids is 8. The molecule has 1 aliphatic rings. The van der Waals surface area contributed by atoms with E-state index in [1.807, 2.05) is 0 Å². The van der Waals surface area contributed by atoms with Gasteiger partial charge in [-0.05, 0) is 57.1 Å². The topological polar surface area (TPSA) is 344 Å². The number of rotatable bonds is 24. The van der Waals surface area contributed by atoms with E-state index in [1.165, 1.54) is 11.8 Å². The number of aliphatic hydroxyl groups excluding tert-OH is 2. The van der Waals surface area contributed by atoms with Crippen molar-refractivity contribution in [1.29, 1.82) is 0 Å². The smallest absolute Gasteiger partial charge is 0.245 e. The Hall–Kier alpha value is -5.18. The lowest BCUT2D eigenvalue weighted by atomic mass is 9.96. The van der Waals surface area contributed by atoms with Gasteiger partial charge in [-0.15, -0.1) is 0 Å². The van der Waals surface area contributed by atoms with E-state index in [-0.39, 0.29) is 25.8 Å². The fraction of sp³-hybridized carbons (Fsp3) is 0.622. The first-order valence-corrected chi connectivity index (χ1v) is 19.1. The molecular formula is C37H60N10O10. The summed E-state index contributed by atoms with van der Waals surface area (Å²) in [5, 5.41) is 32.4. The normalized spacial score (nSPS) is 18.0. The molecule has 15 N–H and O–H groups in total. The summed E-state index contributed by atoms with van der Waals surface area (Å²) in [7, 11) is 0. The molecule has 318 valence electrons. The van der Waals surface area contributed by atoms with Crippen molar-refractivity contribution >= 4 is 47.3 Å². The van der Waals surface area contributed by atoms with Crippen molar-refractivity contribution in [3.63, 3.8) is 0 Å². The van der Waals surface area contributed by atoms with Gasteiger partial charge in [-0.3, -0.25) is 38.4 Å². The van der Waals surface area contributed by atoms with E-state index >= 15 is 0 Å². The number of carbonyl (C=O) groups is 8. The van der Waals surface area contributed by atoms with E-state index in [2.05, 4.69) is 26.6 Å². The Labute approximate surface area is 331 Å². The van der Waals surface area contributed by atoms with Gasteiger partial charge in [-0.2, -0.15) is 0 Å². The first kappa shape index (κ1) is 48.0. The molecule has 1 aromatic rings. The highest BCUT2D eigenvalue weighted by Crippen LogP contribution is 2.19. The van der Waals surface area contributed by atoms with Gasteiger partial charge in [0.2, 0.25) is 47.3 Å². The number of hydrogen-bond acceptors (Lipinski definition) is 12. The molecular weight excluding hydrogens is 744 g/mol. The van der Waals surface area contributed by atoms with E-state index in [0.717, 1.165) is 0 Å². The Bertz CT molecular complexity index is 1550. The summed E-state index contributed by atoms with van der Waals surface area (Å²) >= 11 is 0. The lowest BCUT2D eigenvalue weighted by Gasteiger charge is -2.30. The van der Waals surface area contributed by atoms with Gasteiger partial charge in [0.25, 0.3) is 0 Å². The van der Waals surface area contributed by atoms with Crippen LogP contribution in [0.2, 0.25) is 0 Å². The summed E-state index contributed by atoms with van der Waals surface area (Å²) < 4.78 is 0. The first-order chi connectivity index (χ1) is 26.9. The van der Waals surface area contributed by atoms with Crippen molar-refractivity contribution in [2.45, 2.75) is 121 Å². The van der Waals surface area contributed by atoms with E-state index in [0.29, 0.717) is 37.8 Å². The lowest BCUT2D eigenvalue weighted by molar-refractivity contribution is -0.141. The molecule has 0 aliphatic carbocycles. The van der Waals surface area contributed by atoms with Crippen LogP contribution in [0.5, 0.6) is 0 Å². The number of nitrogens with two attached hydrogens (primary N) is 4. The third-order valence-corrected chi connectivity index (χ3v) is 9.77. The predicted molar refractivity (Wildman–Crippen MR) is 207 cm³/mol. The fourth-order valence-electron chi connectivity index (χ4n) is 6.25. The number of primary amides is 2. The van der Waals surface area contributed by atoms with Crippen LogP contribution >= 0.6 is 0 Å². The van der Waals surface area contributed by atoms with Crippen molar-refractivity contribution < 1.29 is 48.6 Å². The average molecular weight is 805 g/mol. The van der Waals surface area contributed by atoms with Gasteiger partial charge in [-0.1, -0.05) is 50.6 Å². The van der Waals surface area contributed by atoms with Gasteiger partial charge in [0.15, 0.2) is 0 Å². The van der Waals surface area contributed by atoms with Gasteiger partial charge in [0.05, 0.1) is 19.1 Å². The second-order valence-electron chi connectivity index (χ2n) is 14.3. The monoisotopic (exact) mass is 804 g/mol. The number of hydrogen-bond donors (Lipinski definition) is 11. The van der Waals surface area contributed by atoms with Crippen LogP contribution in [0.15, 0.2) is 30.3 Å². The summed E-state index contributed by atoms with van der Waals surface area (Å²) in [6, 6.07) is -0.704. The van der Waals surface area contributed by atoms with Crippen LogP contribution in [0, 0.1) is 5.92 Å². The van der Waals surface area contributed by atoms with Gasteiger partial charge in [-0.25, -0.2) is 0 Å². The Balaban J connectivity index is 2.35. The number of nitrogens with zero attached hydrogens (tertiary/aromatic N) is 1. The molecule has 57 heavy (non-hydrogen) atoms. The maximum absolute atomic E-state index is 14.1. The molecule has 1 aliphatic heterocycles. The van der Waals surface area contributed by atoms with Crippen molar-refractivity contribution in [2.24, 2.45) is 28.9 Å². The van der Waals surface area contributed by atoms with Gasteiger partial charge in [0.1, 0.15) is 42.3 Å². The molecule has 1 fully saturated rings. The number of likely N-dealkylation sites (tertiary alicyclic amines) is 1. The molecule has 0 unspecified atom stereocenters. The zero-order valence-electron chi connectivity index (χ0n) is 32.8. The number of aliphatic hydroxyl groups is 2. The molecule has 20 nitrogen and oxygen atoms in total. The quantitative estimate of drug-likeness (QED) is 0.0444. The van der Waals surface area contributed by atoms with E-state index in [9.17, 15) is 48.6 Å². The number of amides is 8. The minimum absolute atomic E-state index is 0.105. The zero-order valence-corrected chi connectivity index (χ0v) is 32.8. The summed E-state index contributed by atoms with van der Waals surface area (Å²) in [6.45, 7) is 4.56. The highest BCUT2D eigenvalue weighted by Gasteiger charge is 2.39. The molecule has 9 atom stereocenters. The third-order valence-electron chi connectivity index (χ3n) is 9.77. The van der Waals surface area contributed by atoms with Crippen LogP contribution in [0.3, 0.4) is 0 Å². The number of benzene rings is 1. The molecule has 1 saturated heterocycles. The minimum Gasteiger partial charge on any atom is -0.394 e. The lowest BCUT2D eigenvalue weighted by Crippen LogP contribution is -2.62. The summed E-state index contributed by atoms with van der Waals surface area (Å²) in [5.41, 5.74) is 22.7. The molecule has 0 radical (unpaired) electrons. The Morgan fingerprint density at radius 2 is 1.42 bits per heavy atom. The predicted octanol–water partition coefficient (Wildman–Crippen LogP) is -4.12. The van der Waals surface area contributed by atoms with Crippen molar-refractivity contribution in [3.8, 4) is 0 Å². The standard InChI is InChI=1S/C37H60N10O10/c1-4-20(2)29(35(55)46-30(21(3)49)36(56)42-24(31(41)51)13-8-9-15-38)45-33(53)25(17-22-11-6-5-7-12-22)43-32(52)26(18-28(40)50)44-34(54)27-14-10-16-47(27)37(57)23(39)19-48/h5-7,11-12,20-21,23-27,29-30,48-49H,4,8-10,13-19,38-39H2,1-3H3,(H2,40,50)(H2,41,51)(H,42,56)(H,43,52)(H,44,54)(H,45,53)(H,46,55)/t20-,21+,23-,24-,25-,26-,27-,29-,30-/m0/s1. The second-order valence-corrected chi connectivity index (χ2v) is 14.3. The molecule has 0 aromatic heterocycles. The van der Waals surface area contributed by atoms with Crippen LogP contribution in [0.4, 0.5) is 0 Å². The van der Waals surface area contributed by atoms with E-state index in [4.69, 9.17) is 22.9 Å². The highest BCUT2D eigenvalue weighted by atomic mass is 16.3. The van der Waals surface area contributed by atoms with Crippen LogP contribution in [-0.4, -0.2) is 130 Å². The fourth-order valence-corrected chi connectivity index (χ4v) is 6.25. The maximum Gasteiger partial charge on any atom is 0.245 e. The van der Waals surface area contributed by atoms with Gasteiger partial charge < -0.3 is 64.6 Å². The Kier molecular flexibility index (Phi) is 20.0. The molecule has 0 spiro atoms. The van der Waals surface area contributed by atoms with Crippen LogP contribution in [0.25, 0.3) is 0 Å². The van der Waals surface area contributed by atoms with Gasteiger partial charge >= 0.3 is 0 Å². The molecule has 8 amide bonds. The van der Waals surface area contributed by atoms with E-state index in [1.54, 1.807) is 44.2 Å². The van der Waals surface area contributed by atoms with Crippen LogP contribution in [-0.2, 0) is 44.8 Å². The van der Waals surface area contributed by atoms with E-state index < -0.39 is 115 Å². The molecule has 20 heteroatoms. The van der Waals surface area contributed by atoms with Crippen LogP contribution < -0.4 is 49.5 Å². The summed E-state index contributed by atoms with van der Waals surface area (Å²) in [5.74, 6) is -7.31. The Morgan fingerprint density at radius 3 is 1.98 bits per heavy atom. The van der Waals surface area contributed by atoms with Crippen molar-refractivity contribution in [2.75, 3.05) is 19.7 Å². The molecule has 0 bridgehead atoms. The van der Waals surface area contributed by atoms with Gasteiger partial charge in [0, 0.05) is 13.0 Å². The molecule has 1 heterocycles.